The summed E-state index contributed by atoms with van der Waals surface area (Å²) in [6, 6.07) is 7.97. The number of hydrogen-bond donors (Lipinski definition) is 1. The minimum atomic E-state index is -0.109. The van der Waals surface area contributed by atoms with Gasteiger partial charge in [0.2, 0.25) is 5.91 Å². The van der Waals surface area contributed by atoms with Gasteiger partial charge in [-0.1, -0.05) is 32.9 Å². The minimum Gasteiger partial charge on any atom is -0.327 e. The van der Waals surface area contributed by atoms with Crippen molar-refractivity contribution in [3.63, 3.8) is 0 Å². The van der Waals surface area contributed by atoms with Crippen LogP contribution < -0.4 is 10.6 Å². The first-order valence-corrected chi connectivity index (χ1v) is 7.66. The number of hydrogen-bond acceptors (Lipinski definition) is 3. The Morgan fingerprint density at radius 2 is 2.11 bits per heavy atom. The van der Waals surface area contributed by atoms with Crippen LogP contribution in [0.4, 0.5) is 5.69 Å². The first-order valence-electron chi connectivity index (χ1n) is 6.67. The van der Waals surface area contributed by atoms with Crippen LogP contribution in [0.2, 0.25) is 0 Å². The number of thioether (sulfide) groups is 1. The second-order valence-electron chi connectivity index (χ2n) is 6.04. The van der Waals surface area contributed by atoms with Gasteiger partial charge >= 0.3 is 0 Å². The van der Waals surface area contributed by atoms with Gasteiger partial charge < -0.3 is 10.6 Å². The van der Waals surface area contributed by atoms with E-state index in [1.165, 1.54) is 4.90 Å². The van der Waals surface area contributed by atoms with Gasteiger partial charge in [0.15, 0.2) is 0 Å². The number of amides is 1. The average Bonchev–Trinajstić information content (AvgIpc) is 2.36. The Bertz CT molecular complexity index is 467. The van der Waals surface area contributed by atoms with Crippen LogP contribution in [0.25, 0.3) is 0 Å². The molecule has 1 amide bonds. The van der Waals surface area contributed by atoms with Crippen LogP contribution in [-0.4, -0.2) is 24.2 Å². The molecular formula is C15H22N2OS. The van der Waals surface area contributed by atoms with E-state index in [0.29, 0.717) is 6.42 Å². The number of carbonyl (C=O) groups is 1. The lowest BCUT2D eigenvalue weighted by Gasteiger charge is -2.32. The number of rotatable bonds is 2. The van der Waals surface area contributed by atoms with E-state index in [-0.39, 0.29) is 17.4 Å². The highest BCUT2D eigenvalue weighted by atomic mass is 32.2. The van der Waals surface area contributed by atoms with Crippen LogP contribution >= 0.6 is 11.8 Å². The fraction of sp³-hybridized carbons (Fsp3) is 0.533. The van der Waals surface area contributed by atoms with Crippen LogP contribution in [0.5, 0.6) is 0 Å². The molecule has 0 aromatic heterocycles. The Morgan fingerprint density at radius 3 is 2.79 bits per heavy atom. The fourth-order valence-corrected chi connectivity index (χ4v) is 3.03. The van der Waals surface area contributed by atoms with Crippen LogP contribution in [0.3, 0.4) is 0 Å². The second-order valence-corrected chi connectivity index (χ2v) is 7.17. The smallest absolute Gasteiger partial charge is 0.228 e. The zero-order chi connectivity index (χ0) is 14.0. The summed E-state index contributed by atoms with van der Waals surface area (Å²) in [5.41, 5.74) is 7.12. The van der Waals surface area contributed by atoms with E-state index in [1.54, 1.807) is 0 Å². The number of nitrogens with two attached hydrogens (primary N) is 1. The van der Waals surface area contributed by atoms with Crippen molar-refractivity contribution in [1.82, 2.24) is 0 Å². The highest BCUT2D eigenvalue weighted by Gasteiger charge is 2.28. The molecule has 2 rings (SSSR count). The van der Waals surface area contributed by atoms with E-state index in [2.05, 4.69) is 26.8 Å². The van der Waals surface area contributed by atoms with E-state index in [0.717, 1.165) is 18.0 Å². The molecule has 0 saturated carbocycles. The number of para-hydroxylation sites is 1. The molecule has 19 heavy (non-hydrogen) atoms. The molecule has 3 nitrogen and oxygen atoms in total. The molecule has 0 bridgehead atoms. The summed E-state index contributed by atoms with van der Waals surface area (Å²) < 4.78 is 0. The van der Waals surface area contributed by atoms with E-state index in [9.17, 15) is 4.79 Å². The van der Waals surface area contributed by atoms with Gasteiger partial charge in [0, 0.05) is 29.7 Å². The number of anilines is 1. The molecular weight excluding hydrogens is 256 g/mol. The summed E-state index contributed by atoms with van der Waals surface area (Å²) in [4.78, 5) is 15.5. The summed E-state index contributed by atoms with van der Waals surface area (Å²) in [6.07, 6.45) is 0.405. The molecule has 0 radical (unpaired) electrons. The van der Waals surface area contributed by atoms with E-state index in [1.807, 2.05) is 34.9 Å². The number of nitrogens with zero attached hydrogens (tertiary/aromatic N) is 1. The Labute approximate surface area is 119 Å². The van der Waals surface area contributed by atoms with Crippen molar-refractivity contribution in [3.05, 3.63) is 24.3 Å². The molecule has 1 atom stereocenters. The predicted molar refractivity (Wildman–Crippen MR) is 81.6 cm³/mol. The summed E-state index contributed by atoms with van der Waals surface area (Å²) in [5, 5.41) is 0. The molecule has 0 saturated heterocycles. The highest BCUT2D eigenvalue weighted by molar-refractivity contribution is 7.99. The summed E-state index contributed by atoms with van der Waals surface area (Å²) >= 11 is 1.81. The van der Waals surface area contributed by atoms with Gasteiger partial charge in [-0.2, -0.15) is 0 Å². The molecule has 1 unspecified atom stereocenters. The quantitative estimate of drug-likeness (QED) is 0.905. The Kier molecular flexibility index (Phi) is 4.21. The zero-order valence-corrected chi connectivity index (χ0v) is 12.7. The molecule has 1 aromatic carbocycles. The molecule has 1 heterocycles. The third-order valence-corrected chi connectivity index (χ3v) is 4.58. The predicted octanol–water partition coefficient (Wildman–Crippen LogP) is 2.89. The first kappa shape index (κ1) is 14.4. The van der Waals surface area contributed by atoms with Crippen LogP contribution in [0, 0.1) is 5.41 Å². The standard InChI is InChI=1S/C15H22N2OS/c1-15(2,3)13(16)10-14(18)17-8-9-19-12-7-5-4-6-11(12)17/h4-7,13H,8-10,16H2,1-3H3. The number of fused-ring (bicyclic) bond motifs is 1. The maximum atomic E-state index is 12.5. The monoisotopic (exact) mass is 278 g/mol. The van der Waals surface area contributed by atoms with E-state index >= 15 is 0 Å². The molecule has 1 aliphatic rings. The van der Waals surface area contributed by atoms with Crippen molar-refractivity contribution in [1.29, 1.82) is 0 Å². The van der Waals surface area contributed by atoms with Crippen molar-refractivity contribution in [3.8, 4) is 0 Å². The van der Waals surface area contributed by atoms with Crippen molar-refractivity contribution in [2.24, 2.45) is 11.1 Å². The molecule has 0 spiro atoms. The van der Waals surface area contributed by atoms with Gasteiger partial charge in [0.25, 0.3) is 0 Å². The summed E-state index contributed by atoms with van der Waals surface area (Å²) in [5.74, 6) is 1.09. The Hall–Kier alpha value is -1.00. The van der Waals surface area contributed by atoms with Gasteiger partial charge in [0.05, 0.1) is 5.69 Å². The minimum absolute atomic E-state index is 0.0419. The molecule has 2 N–H and O–H groups in total. The lowest BCUT2D eigenvalue weighted by Crippen LogP contribution is -2.43. The Morgan fingerprint density at radius 1 is 1.42 bits per heavy atom. The third-order valence-electron chi connectivity index (χ3n) is 3.54. The van der Waals surface area contributed by atoms with Crippen LogP contribution in [0.1, 0.15) is 27.2 Å². The maximum absolute atomic E-state index is 12.5. The van der Waals surface area contributed by atoms with Gasteiger partial charge in [-0.25, -0.2) is 0 Å². The second kappa shape index (κ2) is 5.55. The van der Waals surface area contributed by atoms with Crippen molar-refractivity contribution in [2.75, 3.05) is 17.2 Å². The SMILES string of the molecule is CC(C)(C)C(N)CC(=O)N1CCSc2ccccc21. The van der Waals surface area contributed by atoms with Crippen molar-refractivity contribution >= 4 is 23.4 Å². The third kappa shape index (κ3) is 3.31. The molecule has 0 aliphatic carbocycles. The molecule has 4 heteroatoms. The topological polar surface area (TPSA) is 46.3 Å². The van der Waals surface area contributed by atoms with E-state index < -0.39 is 0 Å². The lowest BCUT2D eigenvalue weighted by molar-refractivity contribution is -0.119. The average molecular weight is 278 g/mol. The molecule has 1 aromatic rings. The molecule has 0 fully saturated rings. The fourth-order valence-electron chi connectivity index (χ4n) is 2.03. The zero-order valence-electron chi connectivity index (χ0n) is 11.8. The first-order chi connectivity index (χ1) is 8.89. The lowest BCUT2D eigenvalue weighted by atomic mass is 9.85. The van der Waals surface area contributed by atoms with Gasteiger partial charge in [-0.05, 0) is 17.5 Å². The van der Waals surface area contributed by atoms with Gasteiger partial charge in [0.1, 0.15) is 0 Å². The summed E-state index contributed by atoms with van der Waals surface area (Å²) in [7, 11) is 0. The van der Waals surface area contributed by atoms with Gasteiger partial charge in [-0.3, -0.25) is 4.79 Å². The Balaban J connectivity index is 2.13. The number of benzene rings is 1. The molecule has 104 valence electrons. The largest absolute Gasteiger partial charge is 0.327 e. The van der Waals surface area contributed by atoms with Crippen molar-refractivity contribution < 1.29 is 4.79 Å². The van der Waals surface area contributed by atoms with E-state index in [4.69, 9.17) is 5.73 Å². The number of carbonyl (C=O) groups excluding carboxylic acids is 1. The maximum Gasteiger partial charge on any atom is 0.228 e. The van der Waals surface area contributed by atoms with Crippen molar-refractivity contribution in [2.45, 2.75) is 38.1 Å². The van der Waals surface area contributed by atoms with Crippen LogP contribution in [-0.2, 0) is 4.79 Å². The van der Waals surface area contributed by atoms with Gasteiger partial charge in [-0.15, -0.1) is 11.8 Å². The molecule has 1 aliphatic heterocycles. The van der Waals surface area contributed by atoms with Crippen LogP contribution in [0.15, 0.2) is 29.2 Å². The summed E-state index contributed by atoms with van der Waals surface area (Å²) in [6.45, 7) is 7.00. The normalized spacial score (nSPS) is 16.9. The highest BCUT2D eigenvalue weighted by Crippen LogP contribution is 2.35.